The molecule has 0 unspecified atom stereocenters. The molecule has 27 heavy (non-hydrogen) atoms. The number of aromatic nitrogens is 3. The number of ether oxygens (including phenoxy) is 1. The number of carbonyl (C=O) groups is 1. The Balaban J connectivity index is 2.21. The molecule has 140 valence electrons. The minimum atomic E-state index is -1.12. The van der Waals surface area contributed by atoms with Crippen molar-refractivity contribution in [1.82, 2.24) is 14.1 Å². The van der Waals surface area contributed by atoms with Crippen molar-refractivity contribution in [3.8, 4) is 11.4 Å². The molecule has 0 radical (unpaired) electrons. The van der Waals surface area contributed by atoms with Gasteiger partial charge in [0.15, 0.2) is 0 Å². The molecule has 0 spiro atoms. The highest BCUT2D eigenvalue weighted by atomic mass is 16.5. The third kappa shape index (κ3) is 3.20. The lowest BCUT2D eigenvalue weighted by Gasteiger charge is -2.15. The average molecular weight is 370 g/mol. The van der Waals surface area contributed by atoms with E-state index in [1.165, 1.54) is 24.1 Å². The zero-order chi connectivity index (χ0) is 19.7. The monoisotopic (exact) mass is 370 g/mol. The lowest BCUT2D eigenvalue weighted by molar-refractivity contribution is -0.138. The standard InChI is InChI=1S/C18H18N4O5/c1-21-14-9-20-6-5-11(14)16(23)22(18(21)26)13-4-3-10(8-15(13)27-2)7-12(19)17(24)25/h3-6,8-9,12H,7,19H2,1-2H3,(H,24,25)/t12-/m0/s1. The number of pyridine rings is 1. The topological polar surface area (TPSA) is 129 Å². The van der Waals surface area contributed by atoms with Gasteiger partial charge in [-0.15, -0.1) is 0 Å². The first-order valence-electron chi connectivity index (χ1n) is 8.06. The van der Waals surface area contributed by atoms with Crippen LogP contribution in [-0.4, -0.2) is 38.3 Å². The molecule has 3 N–H and O–H groups in total. The van der Waals surface area contributed by atoms with E-state index in [0.29, 0.717) is 16.5 Å². The fourth-order valence-corrected chi connectivity index (χ4v) is 2.88. The highest BCUT2D eigenvalue weighted by Crippen LogP contribution is 2.23. The molecule has 0 aliphatic heterocycles. The Morgan fingerprint density at radius 1 is 1.33 bits per heavy atom. The molecule has 0 aliphatic carbocycles. The van der Waals surface area contributed by atoms with E-state index in [9.17, 15) is 14.4 Å². The number of nitrogens with zero attached hydrogens (tertiary/aromatic N) is 3. The van der Waals surface area contributed by atoms with Crippen molar-refractivity contribution in [3.05, 3.63) is 63.1 Å². The van der Waals surface area contributed by atoms with Gasteiger partial charge >= 0.3 is 11.7 Å². The van der Waals surface area contributed by atoms with E-state index in [0.717, 1.165) is 4.57 Å². The summed E-state index contributed by atoms with van der Waals surface area (Å²) in [5.74, 6) is -0.857. The van der Waals surface area contributed by atoms with Gasteiger partial charge in [-0.1, -0.05) is 6.07 Å². The number of carboxylic acid groups (broad SMARTS) is 1. The van der Waals surface area contributed by atoms with Crippen LogP contribution in [0.5, 0.6) is 5.75 Å². The summed E-state index contributed by atoms with van der Waals surface area (Å²) in [5, 5.41) is 9.29. The van der Waals surface area contributed by atoms with Crippen LogP contribution in [0.4, 0.5) is 0 Å². The molecule has 0 saturated heterocycles. The summed E-state index contributed by atoms with van der Waals surface area (Å²) in [7, 11) is 2.95. The molecule has 3 aromatic rings. The Morgan fingerprint density at radius 3 is 2.74 bits per heavy atom. The molecule has 9 nitrogen and oxygen atoms in total. The SMILES string of the molecule is COc1cc(C[C@H](N)C(=O)O)ccc1-n1c(=O)c2ccncc2n(C)c1=O. The molecule has 0 bridgehead atoms. The molecular formula is C18H18N4O5. The average Bonchev–Trinajstić information content (AvgIpc) is 2.67. The van der Waals surface area contributed by atoms with Crippen LogP contribution in [0.15, 0.2) is 46.2 Å². The van der Waals surface area contributed by atoms with Gasteiger partial charge < -0.3 is 15.6 Å². The first kappa shape index (κ1) is 18.3. The maximum absolute atomic E-state index is 12.9. The lowest BCUT2D eigenvalue weighted by atomic mass is 10.1. The van der Waals surface area contributed by atoms with E-state index >= 15 is 0 Å². The van der Waals surface area contributed by atoms with E-state index in [1.54, 1.807) is 31.3 Å². The number of rotatable bonds is 5. The predicted octanol–water partition coefficient (Wildman–Crippen LogP) is 0.0474. The molecule has 2 aromatic heterocycles. The van der Waals surface area contributed by atoms with E-state index in [-0.39, 0.29) is 17.9 Å². The second-order valence-electron chi connectivity index (χ2n) is 6.03. The summed E-state index contributed by atoms with van der Waals surface area (Å²) >= 11 is 0. The first-order valence-corrected chi connectivity index (χ1v) is 8.06. The van der Waals surface area contributed by atoms with Crippen molar-refractivity contribution >= 4 is 16.9 Å². The number of benzene rings is 1. The number of aryl methyl sites for hydroxylation is 1. The second kappa shape index (κ2) is 7.04. The van der Waals surface area contributed by atoms with Crippen molar-refractivity contribution < 1.29 is 14.6 Å². The van der Waals surface area contributed by atoms with Crippen molar-refractivity contribution in [3.63, 3.8) is 0 Å². The van der Waals surface area contributed by atoms with Crippen LogP contribution in [0.3, 0.4) is 0 Å². The van der Waals surface area contributed by atoms with Crippen molar-refractivity contribution in [1.29, 1.82) is 0 Å². The van der Waals surface area contributed by atoms with Crippen LogP contribution in [-0.2, 0) is 18.3 Å². The number of aliphatic carboxylic acids is 1. The normalized spacial score (nSPS) is 12.1. The van der Waals surface area contributed by atoms with Crippen LogP contribution in [0.2, 0.25) is 0 Å². The molecule has 0 saturated carbocycles. The minimum Gasteiger partial charge on any atom is -0.495 e. The highest BCUT2D eigenvalue weighted by Gasteiger charge is 2.18. The van der Waals surface area contributed by atoms with Gasteiger partial charge in [-0.3, -0.25) is 19.1 Å². The first-order chi connectivity index (χ1) is 12.8. The summed E-state index contributed by atoms with van der Waals surface area (Å²) < 4.78 is 7.68. The zero-order valence-corrected chi connectivity index (χ0v) is 14.7. The van der Waals surface area contributed by atoms with Crippen molar-refractivity contribution in [2.24, 2.45) is 12.8 Å². The van der Waals surface area contributed by atoms with Gasteiger partial charge in [-0.2, -0.15) is 0 Å². The van der Waals surface area contributed by atoms with Gasteiger partial charge in [0.25, 0.3) is 5.56 Å². The van der Waals surface area contributed by atoms with Crippen molar-refractivity contribution in [2.75, 3.05) is 7.11 Å². The summed E-state index contributed by atoms with van der Waals surface area (Å²) in [5.41, 5.74) is 5.81. The Hall–Kier alpha value is -3.46. The summed E-state index contributed by atoms with van der Waals surface area (Å²) in [4.78, 5) is 40.6. The Bertz CT molecular complexity index is 1150. The number of hydrogen-bond acceptors (Lipinski definition) is 6. The third-order valence-electron chi connectivity index (χ3n) is 4.33. The fraction of sp³-hybridized carbons (Fsp3) is 0.222. The third-order valence-corrected chi connectivity index (χ3v) is 4.33. The van der Waals surface area contributed by atoms with E-state index in [1.807, 2.05) is 0 Å². The zero-order valence-electron chi connectivity index (χ0n) is 14.7. The maximum Gasteiger partial charge on any atom is 0.336 e. The molecular weight excluding hydrogens is 352 g/mol. The quantitative estimate of drug-likeness (QED) is 0.649. The summed E-state index contributed by atoms with van der Waals surface area (Å²) in [6.07, 6.45) is 3.02. The van der Waals surface area contributed by atoms with Gasteiger partial charge in [0.2, 0.25) is 0 Å². The number of methoxy groups -OCH3 is 1. The Morgan fingerprint density at radius 2 is 2.07 bits per heavy atom. The summed E-state index contributed by atoms with van der Waals surface area (Å²) in [6.45, 7) is 0. The lowest BCUT2D eigenvalue weighted by Crippen LogP contribution is -2.38. The molecule has 3 rings (SSSR count). The van der Waals surface area contributed by atoms with Crippen LogP contribution >= 0.6 is 0 Å². The molecule has 0 fully saturated rings. The molecule has 1 atom stereocenters. The molecule has 0 amide bonds. The molecule has 1 aromatic carbocycles. The van der Waals surface area contributed by atoms with Gasteiger partial charge in [-0.05, 0) is 30.2 Å². The Kier molecular flexibility index (Phi) is 4.78. The van der Waals surface area contributed by atoms with E-state index < -0.39 is 23.3 Å². The molecule has 0 aliphatic rings. The maximum atomic E-state index is 12.9. The largest absolute Gasteiger partial charge is 0.495 e. The van der Waals surface area contributed by atoms with E-state index in [4.69, 9.17) is 15.6 Å². The number of carboxylic acids is 1. The van der Waals surface area contributed by atoms with Gasteiger partial charge in [-0.25, -0.2) is 9.36 Å². The van der Waals surface area contributed by atoms with E-state index in [2.05, 4.69) is 4.98 Å². The summed E-state index contributed by atoms with van der Waals surface area (Å²) in [6, 6.07) is 5.20. The Labute approximate surface area is 153 Å². The smallest absolute Gasteiger partial charge is 0.336 e. The molecule has 2 heterocycles. The minimum absolute atomic E-state index is 0.0856. The number of hydrogen-bond donors (Lipinski definition) is 2. The number of nitrogens with two attached hydrogens (primary N) is 1. The van der Waals surface area contributed by atoms with Crippen LogP contribution < -0.4 is 21.7 Å². The van der Waals surface area contributed by atoms with Crippen LogP contribution in [0.1, 0.15) is 5.56 Å². The predicted molar refractivity (Wildman–Crippen MR) is 98.4 cm³/mol. The number of fused-ring (bicyclic) bond motifs is 1. The van der Waals surface area contributed by atoms with Gasteiger partial charge in [0.05, 0.1) is 29.9 Å². The van der Waals surface area contributed by atoms with Crippen molar-refractivity contribution in [2.45, 2.75) is 12.5 Å². The van der Waals surface area contributed by atoms with Crippen LogP contribution in [0.25, 0.3) is 16.6 Å². The van der Waals surface area contributed by atoms with Gasteiger partial charge in [0, 0.05) is 13.2 Å². The molecule has 9 heteroatoms. The van der Waals surface area contributed by atoms with Crippen LogP contribution in [0, 0.1) is 0 Å². The second-order valence-corrected chi connectivity index (χ2v) is 6.03. The highest BCUT2D eigenvalue weighted by molar-refractivity contribution is 5.77. The fourth-order valence-electron chi connectivity index (χ4n) is 2.88. The van der Waals surface area contributed by atoms with Gasteiger partial charge in [0.1, 0.15) is 11.8 Å².